The molecule has 0 saturated carbocycles. The molecule has 5 nitrogen and oxygen atoms in total. The van der Waals surface area contributed by atoms with Crippen LogP contribution in [0.1, 0.15) is 24.0 Å². The first-order chi connectivity index (χ1) is 15.2. The van der Waals surface area contributed by atoms with E-state index in [2.05, 4.69) is 0 Å². The number of thioether (sulfide) groups is 2. The molecular weight excluding hydrogens is 430 g/mol. The number of hydrogen-bond acceptors (Lipinski definition) is 6. The van der Waals surface area contributed by atoms with Crippen molar-refractivity contribution in [3.05, 3.63) is 71.8 Å². The molecule has 0 aromatic heterocycles. The predicted octanol–water partition coefficient (Wildman–Crippen LogP) is 3.90. The second-order valence-corrected chi connectivity index (χ2v) is 10.7. The van der Waals surface area contributed by atoms with Gasteiger partial charge in [-0.1, -0.05) is 60.7 Å². The largest absolute Gasteiger partial charge is 0.371 e. The summed E-state index contributed by atoms with van der Waals surface area (Å²) in [7, 11) is 0. The molecule has 1 unspecified atom stereocenters. The highest BCUT2D eigenvalue weighted by molar-refractivity contribution is 8.20. The van der Waals surface area contributed by atoms with Gasteiger partial charge in [0.15, 0.2) is 12.3 Å². The van der Waals surface area contributed by atoms with Gasteiger partial charge in [0.25, 0.3) is 5.91 Å². The minimum Gasteiger partial charge on any atom is -0.371 e. The minimum absolute atomic E-state index is 0.187. The van der Waals surface area contributed by atoms with Gasteiger partial charge in [0, 0.05) is 18.1 Å². The van der Waals surface area contributed by atoms with Gasteiger partial charge >= 0.3 is 0 Å². The Labute approximate surface area is 192 Å². The standard InChI is InChI=1S/C24H29NO4S2/c26-23-21(28-16-18-8-3-1-4-9-18)22(29-17-19-10-5-2-6-11-19)24(27)25(23)13-7-12-20-30-14-15-31-20/h1-6,8-11,20-23,26H,7,12-17H2/t21-,22-,23?/m1/s1. The lowest BCUT2D eigenvalue weighted by Gasteiger charge is -2.24. The van der Waals surface area contributed by atoms with E-state index in [1.807, 2.05) is 84.2 Å². The summed E-state index contributed by atoms with van der Waals surface area (Å²) in [4.78, 5) is 14.7. The lowest BCUT2D eigenvalue weighted by atomic mass is 10.2. The Balaban J connectivity index is 1.39. The molecule has 3 atom stereocenters. The van der Waals surface area contributed by atoms with Crippen LogP contribution in [0.25, 0.3) is 0 Å². The fourth-order valence-electron chi connectivity index (χ4n) is 3.88. The number of ether oxygens (including phenoxy) is 2. The molecule has 2 aromatic rings. The quantitative estimate of drug-likeness (QED) is 0.582. The molecule has 2 aliphatic rings. The van der Waals surface area contributed by atoms with Crippen molar-refractivity contribution in [1.29, 1.82) is 0 Å². The molecule has 0 bridgehead atoms. The Kier molecular flexibility index (Phi) is 8.33. The molecule has 0 aliphatic carbocycles. The topological polar surface area (TPSA) is 59.0 Å². The smallest absolute Gasteiger partial charge is 0.256 e. The van der Waals surface area contributed by atoms with Crippen LogP contribution in [0.3, 0.4) is 0 Å². The highest BCUT2D eigenvalue weighted by atomic mass is 32.2. The van der Waals surface area contributed by atoms with Crippen LogP contribution in [0.15, 0.2) is 60.7 Å². The molecule has 7 heteroatoms. The Morgan fingerprint density at radius 1 is 0.903 bits per heavy atom. The summed E-state index contributed by atoms with van der Waals surface area (Å²) in [5.41, 5.74) is 1.98. The number of hydrogen-bond donors (Lipinski definition) is 1. The average molecular weight is 460 g/mol. The zero-order valence-electron chi connectivity index (χ0n) is 17.5. The highest BCUT2D eigenvalue weighted by Crippen LogP contribution is 2.35. The lowest BCUT2D eigenvalue weighted by molar-refractivity contribution is -0.142. The van der Waals surface area contributed by atoms with Gasteiger partial charge in [0.1, 0.15) is 6.10 Å². The van der Waals surface area contributed by atoms with Gasteiger partial charge in [-0.25, -0.2) is 0 Å². The van der Waals surface area contributed by atoms with Crippen molar-refractivity contribution in [2.24, 2.45) is 0 Å². The summed E-state index contributed by atoms with van der Waals surface area (Å²) in [6, 6.07) is 19.5. The predicted molar refractivity (Wildman–Crippen MR) is 126 cm³/mol. The number of rotatable bonds is 10. The van der Waals surface area contributed by atoms with E-state index < -0.39 is 18.4 Å². The number of nitrogens with zero attached hydrogens (tertiary/aromatic N) is 1. The highest BCUT2D eigenvalue weighted by Gasteiger charge is 2.49. The molecule has 166 valence electrons. The van der Waals surface area contributed by atoms with Crippen molar-refractivity contribution in [1.82, 2.24) is 4.90 Å². The van der Waals surface area contributed by atoms with E-state index in [-0.39, 0.29) is 5.91 Å². The Morgan fingerprint density at radius 3 is 2.10 bits per heavy atom. The van der Waals surface area contributed by atoms with E-state index in [1.54, 1.807) is 0 Å². The minimum atomic E-state index is -0.999. The fraction of sp³-hybridized carbons (Fsp3) is 0.458. The molecule has 1 amide bonds. The van der Waals surface area contributed by atoms with Gasteiger partial charge in [0.05, 0.1) is 17.8 Å². The van der Waals surface area contributed by atoms with Crippen LogP contribution in [0.4, 0.5) is 0 Å². The summed E-state index contributed by atoms with van der Waals surface area (Å²) in [5, 5.41) is 10.9. The third-order valence-electron chi connectivity index (χ3n) is 5.53. The molecule has 31 heavy (non-hydrogen) atoms. The van der Waals surface area contributed by atoms with Crippen LogP contribution in [-0.4, -0.2) is 57.0 Å². The van der Waals surface area contributed by atoms with E-state index in [9.17, 15) is 9.90 Å². The number of aliphatic hydroxyl groups is 1. The molecule has 2 fully saturated rings. The number of amides is 1. The van der Waals surface area contributed by atoms with Crippen LogP contribution in [-0.2, 0) is 27.5 Å². The van der Waals surface area contributed by atoms with Gasteiger partial charge in [-0.15, -0.1) is 23.5 Å². The SMILES string of the molecule is O=C1[C@H](OCc2ccccc2)[C@@H](OCc2ccccc2)C(O)N1CCCC1SCCS1. The van der Waals surface area contributed by atoms with Crippen LogP contribution >= 0.6 is 23.5 Å². The molecule has 2 saturated heterocycles. The first-order valence-corrected chi connectivity index (χ1v) is 12.8. The second-order valence-electron chi connectivity index (χ2n) is 7.74. The third-order valence-corrected chi connectivity index (χ3v) is 8.69. The number of carbonyl (C=O) groups is 1. The maximum Gasteiger partial charge on any atom is 0.256 e. The van der Waals surface area contributed by atoms with Crippen LogP contribution in [0.2, 0.25) is 0 Å². The molecule has 2 heterocycles. The van der Waals surface area contributed by atoms with Crippen molar-refractivity contribution < 1.29 is 19.4 Å². The van der Waals surface area contributed by atoms with Crippen molar-refractivity contribution in [2.45, 2.75) is 49.1 Å². The summed E-state index contributed by atoms with van der Waals surface area (Å²) >= 11 is 3.97. The molecule has 0 radical (unpaired) electrons. The molecule has 2 aliphatic heterocycles. The maximum absolute atomic E-state index is 13.1. The Hall–Kier alpha value is -1.51. The third kappa shape index (κ3) is 6.05. The van der Waals surface area contributed by atoms with Gasteiger partial charge in [-0.05, 0) is 24.0 Å². The van der Waals surface area contributed by atoms with E-state index in [0.29, 0.717) is 24.3 Å². The van der Waals surface area contributed by atoms with Gasteiger partial charge in [0.2, 0.25) is 0 Å². The number of benzene rings is 2. The van der Waals surface area contributed by atoms with Crippen LogP contribution < -0.4 is 0 Å². The molecule has 2 aromatic carbocycles. The van der Waals surface area contributed by atoms with E-state index in [4.69, 9.17) is 9.47 Å². The van der Waals surface area contributed by atoms with Crippen molar-refractivity contribution in [2.75, 3.05) is 18.1 Å². The van der Waals surface area contributed by atoms with Crippen LogP contribution in [0, 0.1) is 0 Å². The van der Waals surface area contributed by atoms with Gasteiger partial charge in [-0.2, -0.15) is 0 Å². The molecule has 0 spiro atoms. The van der Waals surface area contributed by atoms with Crippen molar-refractivity contribution >= 4 is 29.4 Å². The van der Waals surface area contributed by atoms with Crippen molar-refractivity contribution in [3.8, 4) is 0 Å². The molecule has 1 N–H and O–H groups in total. The van der Waals surface area contributed by atoms with Gasteiger partial charge < -0.3 is 19.5 Å². The van der Waals surface area contributed by atoms with Crippen molar-refractivity contribution in [3.63, 3.8) is 0 Å². The van der Waals surface area contributed by atoms with E-state index >= 15 is 0 Å². The zero-order chi connectivity index (χ0) is 21.5. The first-order valence-electron chi connectivity index (χ1n) is 10.7. The summed E-state index contributed by atoms with van der Waals surface area (Å²) < 4.78 is 12.6. The van der Waals surface area contributed by atoms with Gasteiger partial charge in [-0.3, -0.25) is 4.79 Å². The normalized spacial score (nSPS) is 24.2. The average Bonchev–Trinajstić information content (AvgIpc) is 3.40. The zero-order valence-corrected chi connectivity index (χ0v) is 19.1. The summed E-state index contributed by atoms with van der Waals surface area (Å²) in [6.07, 6.45) is -0.622. The number of likely N-dealkylation sites (tertiary alicyclic amines) is 1. The molecule has 4 rings (SSSR count). The first kappa shape index (κ1) is 22.7. The van der Waals surface area contributed by atoms with E-state index in [0.717, 1.165) is 24.0 Å². The summed E-state index contributed by atoms with van der Waals surface area (Å²) in [6.45, 7) is 1.15. The number of aliphatic hydroxyl groups excluding tert-OH is 1. The van der Waals surface area contributed by atoms with Crippen LogP contribution in [0.5, 0.6) is 0 Å². The van der Waals surface area contributed by atoms with E-state index in [1.165, 1.54) is 16.4 Å². The Morgan fingerprint density at radius 2 is 1.48 bits per heavy atom. The summed E-state index contributed by atoms with van der Waals surface area (Å²) in [5.74, 6) is 2.21. The second kappa shape index (κ2) is 11.4. The fourth-order valence-corrected chi connectivity index (χ4v) is 6.80. The monoisotopic (exact) mass is 459 g/mol. The number of carbonyl (C=O) groups excluding carboxylic acids is 1. The molecular formula is C24H29NO4S2. The lowest BCUT2D eigenvalue weighted by Crippen LogP contribution is -2.38. The Bertz CT molecular complexity index is 817. The maximum atomic E-state index is 13.1.